The molecule has 2 N–H and O–H groups in total. The van der Waals surface area contributed by atoms with Gasteiger partial charge in [-0.05, 0) is 24.1 Å². The summed E-state index contributed by atoms with van der Waals surface area (Å²) in [6.07, 6.45) is 6.22. The molecule has 7 nitrogen and oxygen atoms in total. The number of anilines is 1. The van der Waals surface area contributed by atoms with Crippen molar-refractivity contribution in [2.75, 3.05) is 19.0 Å². The third-order valence-corrected chi connectivity index (χ3v) is 5.47. The molecule has 4 aromatic rings. The molecule has 0 spiro atoms. The van der Waals surface area contributed by atoms with Gasteiger partial charge in [-0.3, -0.25) is 5.32 Å². The fourth-order valence-corrected chi connectivity index (χ4v) is 4.08. The zero-order chi connectivity index (χ0) is 20.1. The number of imidazole rings is 1. The quantitative estimate of drug-likeness (QED) is 0.446. The van der Waals surface area contributed by atoms with E-state index in [0.29, 0.717) is 17.4 Å². The Kier molecular flexibility index (Phi) is 5.71. The van der Waals surface area contributed by atoms with Gasteiger partial charge in [-0.15, -0.1) is 0 Å². The van der Waals surface area contributed by atoms with E-state index in [1.165, 1.54) is 11.3 Å². The highest BCUT2D eigenvalue weighted by Crippen LogP contribution is 2.39. The molecule has 0 bridgehead atoms. The van der Waals surface area contributed by atoms with Crippen LogP contribution in [0.4, 0.5) is 9.93 Å². The van der Waals surface area contributed by atoms with E-state index in [-0.39, 0.29) is 6.03 Å². The minimum absolute atomic E-state index is 0.269. The molecular formula is C21H21N5O2S. The first kappa shape index (κ1) is 18.9. The predicted molar refractivity (Wildman–Crippen MR) is 115 cm³/mol. The van der Waals surface area contributed by atoms with E-state index in [1.807, 2.05) is 41.1 Å². The lowest BCUT2D eigenvalue weighted by Gasteiger charge is -2.05. The van der Waals surface area contributed by atoms with Gasteiger partial charge in [-0.2, -0.15) is 0 Å². The number of nitrogens with one attached hydrogen (secondary N) is 2. The Bertz CT molecular complexity index is 1090. The third kappa shape index (κ3) is 4.38. The van der Waals surface area contributed by atoms with Crippen molar-refractivity contribution in [1.82, 2.24) is 19.9 Å². The molecule has 0 fully saturated rings. The lowest BCUT2D eigenvalue weighted by atomic mass is 10.1. The van der Waals surface area contributed by atoms with E-state index in [2.05, 4.69) is 32.7 Å². The molecule has 0 radical (unpaired) electrons. The predicted octanol–water partition coefficient (Wildman–Crippen LogP) is 4.38. The summed E-state index contributed by atoms with van der Waals surface area (Å²) in [4.78, 5) is 20.8. The van der Waals surface area contributed by atoms with Gasteiger partial charge in [0.05, 0.1) is 18.1 Å². The Hall–Kier alpha value is -3.39. The van der Waals surface area contributed by atoms with Crippen molar-refractivity contribution in [2.45, 2.75) is 13.0 Å². The van der Waals surface area contributed by atoms with Gasteiger partial charge in [0.25, 0.3) is 0 Å². The standard InChI is InChI=1S/C21H21N5O2S/c1-28-17-9-8-16(15-6-3-2-4-7-15)19-18(17)24-21(29-19)25-20(27)23-10-5-12-26-13-11-22-14-26/h2-4,6-9,11,13-14H,5,10,12H2,1H3,(H2,23,24,25,27). The maximum absolute atomic E-state index is 12.3. The highest BCUT2D eigenvalue weighted by Gasteiger charge is 2.15. The number of benzene rings is 2. The highest BCUT2D eigenvalue weighted by molar-refractivity contribution is 7.23. The van der Waals surface area contributed by atoms with Crippen LogP contribution in [-0.2, 0) is 6.54 Å². The van der Waals surface area contributed by atoms with Crippen LogP contribution >= 0.6 is 11.3 Å². The first-order valence-electron chi connectivity index (χ1n) is 9.28. The van der Waals surface area contributed by atoms with Gasteiger partial charge in [0.2, 0.25) is 0 Å². The molecule has 0 aliphatic heterocycles. The molecule has 148 valence electrons. The molecule has 0 saturated heterocycles. The maximum atomic E-state index is 12.3. The number of fused-ring (bicyclic) bond motifs is 1. The Morgan fingerprint density at radius 3 is 2.83 bits per heavy atom. The molecule has 2 heterocycles. The Balaban J connectivity index is 1.47. The van der Waals surface area contributed by atoms with Crippen LogP contribution in [0.15, 0.2) is 61.2 Å². The number of rotatable bonds is 7. The van der Waals surface area contributed by atoms with Crippen molar-refractivity contribution < 1.29 is 9.53 Å². The number of hydrogen-bond acceptors (Lipinski definition) is 5. The van der Waals surface area contributed by atoms with Crippen LogP contribution in [0.1, 0.15) is 6.42 Å². The Morgan fingerprint density at radius 2 is 2.07 bits per heavy atom. The largest absolute Gasteiger partial charge is 0.494 e. The van der Waals surface area contributed by atoms with Crippen LogP contribution in [-0.4, -0.2) is 34.2 Å². The maximum Gasteiger partial charge on any atom is 0.321 e. The Morgan fingerprint density at radius 1 is 1.21 bits per heavy atom. The van der Waals surface area contributed by atoms with Gasteiger partial charge < -0.3 is 14.6 Å². The average Bonchev–Trinajstić information content (AvgIpc) is 3.41. The van der Waals surface area contributed by atoms with Crippen LogP contribution in [0, 0.1) is 0 Å². The first-order valence-corrected chi connectivity index (χ1v) is 10.1. The molecule has 29 heavy (non-hydrogen) atoms. The number of carbonyl (C=O) groups is 1. The molecule has 0 aliphatic rings. The second kappa shape index (κ2) is 8.74. The number of aryl methyl sites for hydroxylation is 1. The number of carbonyl (C=O) groups excluding carboxylic acids is 1. The molecule has 2 aromatic carbocycles. The number of ether oxygens (including phenoxy) is 1. The average molecular weight is 407 g/mol. The molecule has 2 aromatic heterocycles. The number of aromatic nitrogens is 3. The van der Waals surface area contributed by atoms with Crippen molar-refractivity contribution in [3.63, 3.8) is 0 Å². The summed E-state index contributed by atoms with van der Waals surface area (Å²) < 4.78 is 8.41. The van der Waals surface area contributed by atoms with E-state index in [4.69, 9.17) is 4.74 Å². The van der Waals surface area contributed by atoms with Crippen LogP contribution in [0.5, 0.6) is 5.75 Å². The number of urea groups is 1. The molecule has 8 heteroatoms. The Labute approximate surface area is 172 Å². The minimum Gasteiger partial charge on any atom is -0.494 e. The number of methoxy groups -OCH3 is 1. The van der Waals surface area contributed by atoms with E-state index in [1.54, 1.807) is 19.6 Å². The number of hydrogen-bond donors (Lipinski definition) is 2. The topological polar surface area (TPSA) is 81.1 Å². The fourth-order valence-electron chi connectivity index (χ4n) is 3.07. The second-order valence-corrected chi connectivity index (χ2v) is 7.41. The van der Waals surface area contributed by atoms with E-state index in [0.717, 1.165) is 34.3 Å². The van der Waals surface area contributed by atoms with Crippen LogP contribution < -0.4 is 15.4 Å². The third-order valence-electron chi connectivity index (χ3n) is 4.47. The van der Waals surface area contributed by atoms with Crippen molar-refractivity contribution in [2.24, 2.45) is 0 Å². The summed E-state index contributed by atoms with van der Waals surface area (Å²) in [5.74, 6) is 0.685. The summed E-state index contributed by atoms with van der Waals surface area (Å²) in [5.41, 5.74) is 2.90. The normalized spacial score (nSPS) is 10.8. The lowest BCUT2D eigenvalue weighted by molar-refractivity contribution is 0.252. The van der Waals surface area contributed by atoms with Crippen molar-refractivity contribution in [3.8, 4) is 16.9 Å². The molecule has 0 saturated carbocycles. The zero-order valence-electron chi connectivity index (χ0n) is 16.0. The number of nitrogens with zero attached hydrogens (tertiary/aromatic N) is 3. The van der Waals surface area contributed by atoms with Gasteiger partial charge in [-0.1, -0.05) is 41.7 Å². The number of amides is 2. The summed E-state index contributed by atoms with van der Waals surface area (Å²) in [7, 11) is 1.62. The second-order valence-electron chi connectivity index (χ2n) is 6.41. The van der Waals surface area contributed by atoms with Gasteiger partial charge in [-0.25, -0.2) is 14.8 Å². The van der Waals surface area contributed by atoms with Gasteiger partial charge in [0.1, 0.15) is 11.3 Å². The highest BCUT2D eigenvalue weighted by atomic mass is 32.1. The lowest BCUT2D eigenvalue weighted by Crippen LogP contribution is -2.29. The van der Waals surface area contributed by atoms with Crippen LogP contribution in [0.2, 0.25) is 0 Å². The summed E-state index contributed by atoms with van der Waals surface area (Å²) in [6, 6.07) is 13.8. The summed E-state index contributed by atoms with van der Waals surface area (Å²) in [5, 5.41) is 6.24. The van der Waals surface area contributed by atoms with Crippen LogP contribution in [0.3, 0.4) is 0 Å². The minimum atomic E-state index is -0.269. The van der Waals surface area contributed by atoms with Gasteiger partial charge in [0.15, 0.2) is 5.13 Å². The molecule has 2 amide bonds. The molecule has 0 unspecified atom stereocenters. The molecule has 4 rings (SSSR count). The number of thiazole rings is 1. The monoisotopic (exact) mass is 407 g/mol. The molecule has 0 aliphatic carbocycles. The van der Waals surface area contributed by atoms with E-state index < -0.39 is 0 Å². The van der Waals surface area contributed by atoms with E-state index in [9.17, 15) is 4.79 Å². The first-order chi connectivity index (χ1) is 14.2. The van der Waals surface area contributed by atoms with E-state index >= 15 is 0 Å². The zero-order valence-corrected chi connectivity index (χ0v) is 16.8. The van der Waals surface area contributed by atoms with Gasteiger partial charge >= 0.3 is 6.03 Å². The fraction of sp³-hybridized carbons (Fsp3) is 0.190. The van der Waals surface area contributed by atoms with Crippen molar-refractivity contribution in [1.29, 1.82) is 0 Å². The van der Waals surface area contributed by atoms with Crippen molar-refractivity contribution in [3.05, 3.63) is 61.2 Å². The smallest absolute Gasteiger partial charge is 0.321 e. The molecule has 0 atom stereocenters. The molecular weight excluding hydrogens is 386 g/mol. The summed E-state index contributed by atoms with van der Waals surface area (Å²) in [6.45, 7) is 1.37. The SMILES string of the molecule is COc1ccc(-c2ccccc2)c2sc(NC(=O)NCCCn3ccnc3)nc12. The summed E-state index contributed by atoms with van der Waals surface area (Å²) >= 11 is 1.44. The van der Waals surface area contributed by atoms with Gasteiger partial charge in [0, 0.05) is 31.0 Å². The van der Waals surface area contributed by atoms with Crippen LogP contribution in [0.25, 0.3) is 21.3 Å². The van der Waals surface area contributed by atoms with Crippen molar-refractivity contribution >= 4 is 32.7 Å².